The summed E-state index contributed by atoms with van der Waals surface area (Å²) in [5, 5.41) is 4.60. The Kier molecular flexibility index (Phi) is 4.33. The van der Waals surface area contributed by atoms with Crippen LogP contribution in [0.2, 0.25) is 0 Å². The van der Waals surface area contributed by atoms with Crippen LogP contribution >= 0.6 is 11.5 Å². The van der Waals surface area contributed by atoms with E-state index in [1.165, 1.54) is 11.5 Å². The number of hydrogen-bond donors (Lipinski definition) is 1. The molecule has 0 aliphatic heterocycles. The molecule has 7 heteroatoms. The van der Waals surface area contributed by atoms with Gasteiger partial charge in [0.1, 0.15) is 29.2 Å². The SMILES string of the molecule is O=C(N[C@H]1CCC[C@H]1Oc1cc(F)cc(F)c1)c1ccsn1. The molecule has 1 aromatic heterocycles. The number of rotatable bonds is 4. The lowest BCUT2D eigenvalue weighted by atomic mass is 10.2. The summed E-state index contributed by atoms with van der Waals surface area (Å²) in [7, 11) is 0. The van der Waals surface area contributed by atoms with Crippen molar-refractivity contribution in [1.29, 1.82) is 0 Å². The number of hydrogen-bond acceptors (Lipinski definition) is 4. The van der Waals surface area contributed by atoms with E-state index in [1.807, 2.05) is 0 Å². The molecule has 1 N–H and O–H groups in total. The Bertz CT molecular complexity index is 643. The summed E-state index contributed by atoms with van der Waals surface area (Å²) in [4.78, 5) is 12.0. The van der Waals surface area contributed by atoms with Crippen molar-refractivity contribution in [3.63, 3.8) is 0 Å². The standard InChI is InChI=1S/C15H14F2N2O2S/c16-9-6-10(17)8-11(7-9)21-14-3-1-2-12(14)18-15(20)13-4-5-22-19-13/h4-8,12,14H,1-3H2,(H,18,20)/t12-,14+/m0/s1. The summed E-state index contributed by atoms with van der Waals surface area (Å²) in [6, 6.07) is 4.53. The number of aromatic nitrogens is 1. The summed E-state index contributed by atoms with van der Waals surface area (Å²) in [6.45, 7) is 0. The first-order valence-corrected chi connectivity index (χ1v) is 7.79. The van der Waals surface area contributed by atoms with Crippen LogP contribution in [0, 0.1) is 11.6 Å². The van der Waals surface area contributed by atoms with Crippen molar-refractivity contribution in [2.45, 2.75) is 31.4 Å². The van der Waals surface area contributed by atoms with Gasteiger partial charge in [0, 0.05) is 23.6 Å². The minimum absolute atomic E-state index is 0.136. The van der Waals surface area contributed by atoms with E-state index in [2.05, 4.69) is 9.69 Å². The normalized spacial score (nSPS) is 20.8. The Balaban J connectivity index is 1.66. The van der Waals surface area contributed by atoms with Crippen LogP contribution < -0.4 is 10.1 Å². The highest BCUT2D eigenvalue weighted by Gasteiger charge is 2.31. The molecule has 1 saturated carbocycles. The number of nitrogens with zero attached hydrogens (tertiary/aromatic N) is 1. The molecule has 3 rings (SSSR count). The molecular weight excluding hydrogens is 310 g/mol. The molecule has 2 aromatic rings. The molecule has 0 unspecified atom stereocenters. The van der Waals surface area contributed by atoms with Crippen LogP contribution in [0.5, 0.6) is 5.75 Å². The molecule has 0 spiro atoms. The van der Waals surface area contributed by atoms with Crippen molar-refractivity contribution in [3.05, 3.63) is 47.0 Å². The second kappa shape index (κ2) is 6.39. The minimum atomic E-state index is -0.684. The van der Waals surface area contributed by atoms with E-state index in [0.29, 0.717) is 5.69 Å². The molecule has 1 fully saturated rings. The highest BCUT2D eigenvalue weighted by atomic mass is 32.1. The number of ether oxygens (including phenoxy) is 1. The van der Waals surface area contributed by atoms with Crippen LogP contribution in [-0.2, 0) is 0 Å². The summed E-state index contributed by atoms with van der Waals surface area (Å²) in [5.41, 5.74) is 0.368. The maximum atomic E-state index is 13.2. The van der Waals surface area contributed by atoms with Gasteiger partial charge in [-0.05, 0) is 36.9 Å². The Hall–Kier alpha value is -2.02. The molecule has 1 amide bonds. The van der Waals surface area contributed by atoms with Gasteiger partial charge in [-0.2, -0.15) is 4.37 Å². The first-order chi connectivity index (χ1) is 10.6. The van der Waals surface area contributed by atoms with Crippen LogP contribution in [0.4, 0.5) is 8.78 Å². The first-order valence-electron chi connectivity index (χ1n) is 6.96. The zero-order valence-corrected chi connectivity index (χ0v) is 12.4. The third-order valence-corrected chi connectivity index (χ3v) is 4.12. The number of nitrogens with one attached hydrogen (secondary N) is 1. The lowest BCUT2D eigenvalue weighted by Crippen LogP contribution is -2.42. The molecule has 0 saturated heterocycles. The molecule has 0 bridgehead atoms. The van der Waals surface area contributed by atoms with Gasteiger partial charge in [-0.15, -0.1) is 0 Å². The van der Waals surface area contributed by atoms with Crippen molar-refractivity contribution in [3.8, 4) is 5.75 Å². The van der Waals surface area contributed by atoms with E-state index in [0.717, 1.165) is 37.5 Å². The average molecular weight is 324 g/mol. The van der Waals surface area contributed by atoms with E-state index < -0.39 is 11.6 Å². The molecule has 1 heterocycles. The van der Waals surface area contributed by atoms with Crippen molar-refractivity contribution >= 4 is 17.4 Å². The Morgan fingerprint density at radius 1 is 1.27 bits per heavy atom. The molecule has 0 radical (unpaired) electrons. The third-order valence-electron chi connectivity index (χ3n) is 3.56. The molecular formula is C15H14F2N2O2S. The third kappa shape index (κ3) is 3.41. The molecule has 1 aromatic carbocycles. The number of halogens is 2. The Labute approximate surface area is 130 Å². The maximum absolute atomic E-state index is 13.2. The minimum Gasteiger partial charge on any atom is -0.488 e. The van der Waals surface area contributed by atoms with E-state index in [1.54, 1.807) is 11.4 Å². The topological polar surface area (TPSA) is 51.2 Å². The second-order valence-corrected chi connectivity index (χ2v) is 5.82. The molecule has 22 heavy (non-hydrogen) atoms. The van der Waals surface area contributed by atoms with Gasteiger partial charge in [-0.1, -0.05) is 0 Å². The van der Waals surface area contributed by atoms with Gasteiger partial charge < -0.3 is 10.1 Å². The number of amides is 1. The van der Waals surface area contributed by atoms with Gasteiger partial charge >= 0.3 is 0 Å². The monoisotopic (exact) mass is 324 g/mol. The van der Waals surface area contributed by atoms with Crippen molar-refractivity contribution in [2.24, 2.45) is 0 Å². The van der Waals surface area contributed by atoms with Crippen LogP contribution in [0.1, 0.15) is 29.8 Å². The lowest BCUT2D eigenvalue weighted by Gasteiger charge is -2.22. The fourth-order valence-electron chi connectivity index (χ4n) is 2.58. The van der Waals surface area contributed by atoms with Crippen LogP contribution in [0.15, 0.2) is 29.6 Å². The Morgan fingerprint density at radius 3 is 2.73 bits per heavy atom. The number of carbonyl (C=O) groups is 1. The van der Waals surface area contributed by atoms with Crippen molar-refractivity contribution in [2.75, 3.05) is 0 Å². The molecule has 2 atom stereocenters. The molecule has 1 aliphatic carbocycles. The summed E-state index contributed by atoms with van der Waals surface area (Å²) >= 11 is 1.21. The van der Waals surface area contributed by atoms with Gasteiger partial charge in [0.2, 0.25) is 0 Å². The van der Waals surface area contributed by atoms with Gasteiger partial charge in [0.15, 0.2) is 0 Å². The highest BCUT2D eigenvalue weighted by molar-refractivity contribution is 7.03. The quantitative estimate of drug-likeness (QED) is 0.940. The van der Waals surface area contributed by atoms with E-state index in [-0.39, 0.29) is 23.8 Å². The summed E-state index contributed by atoms with van der Waals surface area (Å²) in [6.07, 6.45) is 2.06. The van der Waals surface area contributed by atoms with E-state index in [4.69, 9.17) is 4.74 Å². The number of benzene rings is 1. The summed E-state index contributed by atoms with van der Waals surface area (Å²) in [5.74, 6) is -1.49. The van der Waals surface area contributed by atoms with E-state index in [9.17, 15) is 13.6 Å². The van der Waals surface area contributed by atoms with Gasteiger partial charge in [-0.3, -0.25) is 4.79 Å². The lowest BCUT2D eigenvalue weighted by molar-refractivity contribution is 0.0889. The van der Waals surface area contributed by atoms with Crippen molar-refractivity contribution < 1.29 is 18.3 Å². The number of carbonyl (C=O) groups excluding carboxylic acids is 1. The largest absolute Gasteiger partial charge is 0.488 e. The van der Waals surface area contributed by atoms with Gasteiger partial charge in [-0.25, -0.2) is 8.78 Å². The summed E-state index contributed by atoms with van der Waals surface area (Å²) < 4.78 is 36.0. The molecule has 1 aliphatic rings. The predicted octanol–water partition coefficient (Wildman–Crippen LogP) is 3.15. The fourth-order valence-corrected chi connectivity index (χ4v) is 3.08. The Morgan fingerprint density at radius 2 is 2.05 bits per heavy atom. The van der Waals surface area contributed by atoms with Gasteiger partial charge in [0.05, 0.1) is 6.04 Å². The average Bonchev–Trinajstić information content (AvgIpc) is 3.10. The second-order valence-electron chi connectivity index (χ2n) is 5.16. The highest BCUT2D eigenvalue weighted by Crippen LogP contribution is 2.26. The van der Waals surface area contributed by atoms with E-state index >= 15 is 0 Å². The van der Waals surface area contributed by atoms with Crippen LogP contribution in [0.3, 0.4) is 0 Å². The first kappa shape index (κ1) is 14.9. The maximum Gasteiger partial charge on any atom is 0.271 e. The van der Waals surface area contributed by atoms with Crippen LogP contribution in [0.25, 0.3) is 0 Å². The van der Waals surface area contributed by atoms with Crippen molar-refractivity contribution in [1.82, 2.24) is 9.69 Å². The zero-order chi connectivity index (χ0) is 15.5. The fraction of sp³-hybridized carbons (Fsp3) is 0.333. The van der Waals surface area contributed by atoms with Gasteiger partial charge in [0.25, 0.3) is 5.91 Å². The van der Waals surface area contributed by atoms with Crippen LogP contribution in [-0.4, -0.2) is 22.4 Å². The smallest absolute Gasteiger partial charge is 0.271 e. The molecule has 4 nitrogen and oxygen atoms in total. The molecule has 116 valence electrons. The predicted molar refractivity (Wildman–Crippen MR) is 78.0 cm³/mol. The zero-order valence-electron chi connectivity index (χ0n) is 11.6.